The molecule has 190 valence electrons. The van der Waals surface area contributed by atoms with Crippen LogP contribution < -0.4 is 16.2 Å². The smallest absolute Gasteiger partial charge is 0.253 e. The van der Waals surface area contributed by atoms with Gasteiger partial charge in [0, 0.05) is 35.3 Å². The lowest BCUT2D eigenvalue weighted by molar-refractivity contribution is 0.0654. The lowest BCUT2D eigenvalue weighted by Gasteiger charge is -2.48. The highest BCUT2D eigenvalue weighted by molar-refractivity contribution is 5.85. The Morgan fingerprint density at radius 2 is 1.83 bits per heavy atom. The van der Waals surface area contributed by atoms with Crippen molar-refractivity contribution in [1.29, 1.82) is 0 Å². The molecule has 1 aromatic carbocycles. The van der Waals surface area contributed by atoms with Crippen molar-refractivity contribution in [3.63, 3.8) is 0 Å². The topological polar surface area (TPSA) is 118 Å². The largest absolute Gasteiger partial charge is 0.507 e. The van der Waals surface area contributed by atoms with Gasteiger partial charge in [0.15, 0.2) is 0 Å². The van der Waals surface area contributed by atoms with Crippen LogP contribution in [-0.2, 0) is 7.05 Å². The monoisotopic (exact) mass is 525 g/mol. The summed E-state index contributed by atoms with van der Waals surface area (Å²) in [4.78, 5) is 20.4. The van der Waals surface area contributed by atoms with Gasteiger partial charge in [-0.1, -0.05) is 6.07 Å². The Balaban J connectivity index is 0.00000216. The van der Waals surface area contributed by atoms with Gasteiger partial charge in [-0.25, -0.2) is 14.4 Å². The lowest BCUT2D eigenvalue weighted by Crippen LogP contribution is -2.67. The summed E-state index contributed by atoms with van der Waals surface area (Å²) in [6, 6.07) is 5.84. The predicted molar refractivity (Wildman–Crippen MR) is 138 cm³/mol. The maximum atomic E-state index is 15.0. The van der Waals surface area contributed by atoms with Gasteiger partial charge in [0.1, 0.15) is 17.6 Å². The van der Waals surface area contributed by atoms with E-state index < -0.39 is 17.8 Å². The van der Waals surface area contributed by atoms with E-state index >= 15 is 4.39 Å². The van der Waals surface area contributed by atoms with Gasteiger partial charge in [-0.3, -0.25) is 4.79 Å². The van der Waals surface area contributed by atoms with Crippen LogP contribution in [0.3, 0.4) is 0 Å². The van der Waals surface area contributed by atoms with E-state index in [2.05, 4.69) is 30.8 Å². The maximum absolute atomic E-state index is 15.0. The molecule has 2 atom stereocenters. The first-order valence-corrected chi connectivity index (χ1v) is 10.7. The zero-order valence-electron chi connectivity index (χ0n) is 20.1. The number of alkyl halides is 1. The molecule has 0 amide bonds. The third kappa shape index (κ3) is 6.06. The number of aromatic nitrogens is 5. The zero-order chi connectivity index (χ0) is 24.0. The van der Waals surface area contributed by atoms with Crippen LogP contribution in [0.25, 0.3) is 22.5 Å². The average Bonchev–Trinajstić information content (AvgIpc) is 2.73. The van der Waals surface area contributed by atoms with Gasteiger partial charge in [-0.2, -0.15) is 0 Å². The van der Waals surface area contributed by atoms with Crippen molar-refractivity contribution in [2.45, 2.75) is 57.4 Å². The highest BCUT2D eigenvalue weighted by Gasteiger charge is 2.46. The van der Waals surface area contributed by atoms with Gasteiger partial charge < -0.3 is 20.3 Å². The highest BCUT2D eigenvalue weighted by Crippen LogP contribution is 2.33. The number of aromatic hydroxyl groups is 1. The zero-order valence-corrected chi connectivity index (χ0v) is 21.7. The number of halogens is 3. The Bertz CT molecular complexity index is 1240. The third-order valence-corrected chi connectivity index (χ3v) is 5.86. The van der Waals surface area contributed by atoms with E-state index in [1.807, 2.05) is 27.7 Å². The Hall–Kier alpha value is -2.82. The van der Waals surface area contributed by atoms with Crippen molar-refractivity contribution in [3.05, 3.63) is 47.1 Å². The molecule has 0 aliphatic carbocycles. The standard InChI is InChI=1S/C23H28FN7O2.2ClH/c1-22(2)10-16(20(24)23(3,4)30-22)27-21-25-11-17(28-29-21)14-7-6-13(8-18(14)32)15-9-19(33)31(5)12-26-15;;/h6-9,11-12,16,20,30,32H,10H2,1-5H3,(H,25,27,29);2*1H/t16-,20-;;/m0../s1. The second kappa shape index (κ2) is 10.4. The fourth-order valence-electron chi connectivity index (χ4n) is 4.43. The Labute approximate surface area is 215 Å². The van der Waals surface area contributed by atoms with Gasteiger partial charge >= 0.3 is 0 Å². The number of nitrogens with zero attached hydrogens (tertiary/aromatic N) is 5. The molecule has 9 nitrogen and oxygen atoms in total. The van der Waals surface area contributed by atoms with E-state index in [-0.39, 0.29) is 47.6 Å². The number of rotatable bonds is 4. The first kappa shape index (κ1) is 28.4. The summed E-state index contributed by atoms with van der Waals surface area (Å²) in [5.74, 6) is 0.179. The first-order chi connectivity index (χ1) is 15.4. The Morgan fingerprint density at radius 3 is 2.43 bits per heavy atom. The van der Waals surface area contributed by atoms with Gasteiger partial charge in [0.2, 0.25) is 5.95 Å². The van der Waals surface area contributed by atoms with Crippen LogP contribution in [0.1, 0.15) is 34.1 Å². The van der Waals surface area contributed by atoms with Crippen molar-refractivity contribution < 1.29 is 9.50 Å². The van der Waals surface area contributed by atoms with Gasteiger partial charge in [0.05, 0.1) is 24.3 Å². The summed E-state index contributed by atoms with van der Waals surface area (Å²) in [7, 11) is 1.62. The van der Waals surface area contributed by atoms with Crippen LogP contribution in [0.2, 0.25) is 0 Å². The van der Waals surface area contributed by atoms with Crippen LogP contribution >= 0.6 is 24.8 Å². The number of piperidine rings is 1. The molecule has 3 heterocycles. The van der Waals surface area contributed by atoms with E-state index in [0.717, 1.165) is 0 Å². The molecule has 1 aliphatic rings. The minimum atomic E-state index is -1.14. The van der Waals surface area contributed by atoms with E-state index in [1.54, 1.807) is 19.2 Å². The number of phenols is 1. The van der Waals surface area contributed by atoms with E-state index in [1.165, 1.54) is 29.2 Å². The van der Waals surface area contributed by atoms with Crippen molar-refractivity contribution in [2.75, 3.05) is 5.32 Å². The fraction of sp³-hybridized carbons (Fsp3) is 0.435. The molecule has 1 aliphatic heterocycles. The quantitative estimate of drug-likeness (QED) is 0.473. The predicted octanol–water partition coefficient (Wildman–Crippen LogP) is 3.52. The lowest BCUT2D eigenvalue weighted by atomic mass is 9.78. The molecule has 2 aromatic heterocycles. The molecule has 0 bridgehead atoms. The highest BCUT2D eigenvalue weighted by atomic mass is 35.5. The summed E-state index contributed by atoms with van der Waals surface area (Å²) in [6.45, 7) is 7.75. The summed E-state index contributed by atoms with van der Waals surface area (Å²) in [5.41, 5.74) is 0.708. The minimum absolute atomic E-state index is 0. The fourth-order valence-corrected chi connectivity index (χ4v) is 4.43. The molecule has 1 fully saturated rings. The van der Waals surface area contributed by atoms with Crippen LogP contribution in [0.15, 0.2) is 41.6 Å². The normalized spacial score (nSPS) is 20.3. The molecule has 0 spiro atoms. The van der Waals surface area contributed by atoms with Gasteiger partial charge in [-0.05, 0) is 46.2 Å². The molecule has 12 heteroatoms. The summed E-state index contributed by atoms with van der Waals surface area (Å²) >= 11 is 0. The number of hydrogen-bond acceptors (Lipinski definition) is 8. The molecule has 4 rings (SSSR count). The number of nitrogens with one attached hydrogen (secondary N) is 2. The Morgan fingerprint density at radius 1 is 1.11 bits per heavy atom. The van der Waals surface area contributed by atoms with Gasteiger partial charge in [-0.15, -0.1) is 35.0 Å². The summed E-state index contributed by atoms with van der Waals surface area (Å²) in [5, 5.41) is 25.2. The molecule has 1 saturated heterocycles. The average molecular weight is 526 g/mol. The van der Waals surface area contributed by atoms with E-state index in [0.29, 0.717) is 28.9 Å². The molecule has 3 N–H and O–H groups in total. The molecule has 0 saturated carbocycles. The van der Waals surface area contributed by atoms with E-state index in [9.17, 15) is 9.90 Å². The van der Waals surface area contributed by atoms with Crippen LogP contribution in [0.4, 0.5) is 10.3 Å². The van der Waals surface area contributed by atoms with Gasteiger partial charge in [0.25, 0.3) is 5.56 Å². The second-order valence-corrected chi connectivity index (χ2v) is 9.71. The number of phenolic OH excluding ortho intramolecular Hbond substituents is 1. The molecule has 3 aromatic rings. The van der Waals surface area contributed by atoms with Crippen LogP contribution in [-0.4, -0.2) is 53.1 Å². The number of benzene rings is 1. The number of aryl methyl sites for hydroxylation is 1. The van der Waals surface area contributed by atoms with Crippen molar-refractivity contribution in [3.8, 4) is 28.3 Å². The summed E-state index contributed by atoms with van der Waals surface area (Å²) in [6.07, 6.45) is 2.32. The molecule has 35 heavy (non-hydrogen) atoms. The van der Waals surface area contributed by atoms with Crippen molar-refractivity contribution in [1.82, 2.24) is 30.0 Å². The third-order valence-electron chi connectivity index (χ3n) is 5.86. The molecule has 0 unspecified atom stereocenters. The SMILES string of the molecule is Cl.Cl.Cn1cnc(-c2ccc(-c3cnc(N[C@H]4CC(C)(C)NC(C)(C)[C@H]4F)nn3)c(O)c2)cc1=O. The number of hydrogen-bond donors (Lipinski definition) is 3. The van der Waals surface area contributed by atoms with Crippen LogP contribution in [0, 0.1) is 0 Å². The second-order valence-electron chi connectivity index (χ2n) is 9.71. The first-order valence-electron chi connectivity index (χ1n) is 10.7. The summed E-state index contributed by atoms with van der Waals surface area (Å²) < 4.78 is 16.4. The molecule has 0 radical (unpaired) electrons. The molecular formula is C23H30Cl2FN7O2. The van der Waals surface area contributed by atoms with Crippen molar-refractivity contribution in [2.24, 2.45) is 7.05 Å². The molecular weight excluding hydrogens is 496 g/mol. The number of anilines is 1. The minimum Gasteiger partial charge on any atom is -0.507 e. The van der Waals surface area contributed by atoms with Crippen LogP contribution in [0.5, 0.6) is 5.75 Å². The van der Waals surface area contributed by atoms with Crippen molar-refractivity contribution >= 4 is 30.8 Å². The Kier molecular flexibility index (Phi) is 8.47. The van der Waals surface area contributed by atoms with E-state index in [4.69, 9.17) is 0 Å². The maximum Gasteiger partial charge on any atom is 0.253 e.